The Morgan fingerprint density at radius 3 is 2.40 bits per heavy atom. The van der Waals surface area contributed by atoms with Gasteiger partial charge >= 0.3 is 0 Å². The van der Waals surface area contributed by atoms with Crippen molar-refractivity contribution in [1.82, 2.24) is 0 Å². The van der Waals surface area contributed by atoms with Crippen molar-refractivity contribution in [2.24, 2.45) is 0 Å². The van der Waals surface area contributed by atoms with Gasteiger partial charge in [-0.05, 0) is 12.8 Å². The molecule has 0 aliphatic heterocycles. The van der Waals surface area contributed by atoms with Crippen LogP contribution in [0.4, 0.5) is 0 Å². The molecule has 10 heavy (non-hydrogen) atoms. The van der Waals surface area contributed by atoms with Gasteiger partial charge in [-0.15, -0.1) is 6.58 Å². The fourth-order valence-corrected chi connectivity index (χ4v) is 1.17. The van der Waals surface area contributed by atoms with Crippen molar-refractivity contribution in [2.45, 2.75) is 31.3 Å². The fraction of sp³-hybridized carbons (Fsp3) is 0.625. The molecule has 0 saturated heterocycles. The monoisotopic (exact) mass is 140 g/mol. The van der Waals surface area contributed by atoms with Crippen molar-refractivity contribution >= 4 is 5.78 Å². The van der Waals surface area contributed by atoms with Gasteiger partial charge in [0.2, 0.25) is 0 Å². The van der Waals surface area contributed by atoms with Crippen LogP contribution >= 0.6 is 0 Å². The Hall–Kier alpha value is -0.630. The normalized spacial score (nSPS) is 24.3. The number of ketones is 1. The highest BCUT2D eigenvalue weighted by atomic mass is 16.3. The average molecular weight is 140 g/mol. The van der Waals surface area contributed by atoms with E-state index in [1.165, 1.54) is 0 Å². The summed E-state index contributed by atoms with van der Waals surface area (Å²) in [5.41, 5.74) is -0.756. The molecule has 0 radical (unpaired) electrons. The van der Waals surface area contributed by atoms with Crippen LogP contribution in [0.15, 0.2) is 12.7 Å². The molecule has 1 fully saturated rings. The van der Waals surface area contributed by atoms with Gasteiger partial charge in [-0.25, -0.2) is 0 Å². The Morgan fingerprint density at radius 1 is 1.50 bits per heavy atom. The molecule has 1 aliphatic carbocycles. The van der Waals surface area contributed by atoms with Crippen molar-refractivity contribution in [3.05, 3.63) is 12.7 Å². The van der Waals surface area contributed by atoms with Crippen molar-refractivity contribution in [3.8, 4) is 0 Å². The molecule has 0 atom stereocenters. The maximum atomic E-state index is 10.7. The van der Waals surface area contributed by atoms with E-state index in [1.54, 1.807) is 6.08 Å². The summed E-state index contributed by atoms with van der Waals surface area (Å²) in [5.74, 6) is 0.256. The van der Waals surface area contributed by atoms with Gasteiger partial charge in [0.1, 0.15) is 5.78 Å². The Morgan fingerprint density at radius 2 is 2.00 bits per heavy atom. The molecule has 0 bridgehead atoms. The van der Waals surface area contributed by atoms with Crippen LogP contribution in [0.5, 0.6) is 0 Å². The van der Waals surface area contributed by atoms with Gasteiger partial charge < -0.3 is 5.11 Å². The maximum Gasteiger partial charge on any atom is 0.133 e. The van der Waals surface area contributed by atoms with E-state index in [2.05, 4.69) is 6.58 Å². The maximum absolute atomic E-state index is 10.7. The molecule has 2 nitrogen and oxygen atoms in total. The molecule has 0 spiro atoms. The molecule has 1 aliphatic rings. The van der Waals surface area contributed by atoms with Gasteiger partial charge in [0.05, 0.1) is 5.60 Å². The third-order valence-corrected chi connectivity index (χ3v) is 2.05. The summed E-state index contributed by atoms with van der Waals surface area (Å²) in [7, 11) is 0. The number of hydrogen-bond donors (Lipinski definition) is 1. The predicted molar refractivity (Wildman–Crippen MR) is 38.6 cm³/mol. The lowest BCUT2D eigenvalue weighted by Gasteiger charge is -2.27. The Balaban J connectivity index is 2.53. The molecule has 0 amide bonds. The van der Waals surface area contributed by atoms with E-state index < -0.39 is 5.60 Å². The smallest absolute Gasteiger partial charge is 0.133 e. The Labute approximate surface area is 60.6 Å². The molecule has 0 aromatic heterocycles. The summed E-state index contributed by atoms with van der Waals surface area (Å²) >= 11 is 0. The lowest BCUT2D eigenvalue weighted by atomic mass is 9.84. The summed E-state index contributed by atoms with van der Waals surface area (Å²) in [6.45, 7) is 3.52. The first-order valence-corrected chi connectivity index (χ1v) is 3.54. The van der Waals surface area contributed by atoms with Crippen LogP contribution in [0.1, 0.15) is 25.7 Å². The summed E-state index contributed by atoms with van der Waals surface area (Å²) < 4.78 is 0. The van der Waals surface area contributed by atoms with E-state index >= 15 is 0 Å². The van der Waals surface area contributed by atoms with E-state index in [1.807, 2.05) is 0 Å². The molecule has 2 heteroatoms. The Bertz CT molecular complexity index is 151. The zero-order valence-electron chi connectivity index (χ0n) is 5.97. The van der Waals surface area contributed by atoms with Crippen LogP contribution in [-0.4, -0.2) is 16.5 Å². The van der Waals surface area contributed by atoms with E-state index in [0.717, 1.165) is 0 Å². The third-order valence-electron chi connectivity index (χ3n) is 2.05. The van der Waals surface area contributed by atoms with E-state index in [0.29, 0.717) is 25.7 Å². The van der Waals surface area contributed by atoms with Crippen molar-refractivity contribution in [1.29, 1.82) is 0 Å². The fourth-order valence-electron chi connectivity index (χ4n) is 1.17. The quantitative estimate of drug-likeness (QED) is 0.553. The van der Waals surface area contributed by atoms with Crippen LogP contribution in [0.2, 0.25) is 0 Å². The van der Waals surface area contributed by atoms with Gasteiger partial charge in [-0.1, -0.05) is 6.08 Å². The van der Waals surface area contributed by atoms with Crippen LogP contribution in [0, 0.1) is 0 Å². The third kappa shape index (κ3) is 1.45. The number of aliphatic hydroxyl groups is 1. The molecule has 1 saturated carbocycles. The molecular weight excluding hydrogens is 128 g/mol. The first kappa shape index (κ1) is 7.48. The van der Waals surface area contributed by atoms with Crippen LogP contribution in [0.25, 0.3) is 0 Å². The predicted octanol–water partition coefficient (Wildman–Crippen LogP) is 1.05. The summed E-state index contributed by atoms with van der Waals surface area (Å²) in [6.07, 6.45) is 3.65. The van der Waals surface area contributed by atoms with Crippen LogP contribution in [-0.2, 0) is 4.79 Å². The average Bonchev–Trinajstić information content (AvgIpc) is 1.96. The number of carbonyl (C=O) groups excluding carboxylic acids is 1. The van der Waals surface area contributed by atoms with E-state index in [-0.39, 0.29) is 5.78 Å². The highest BCUT2D eigenvalue weighted by molar-refractivity contribution is 5.79. The second-order valence-electron chi connectivity index (χ2n) is 2.85. The van der Waals surface area contributed by atoms with Crippen molar-refractivity contribution in [2.75, 3.05) is 0 Å². The van der Waals surface area contributed by atoms with Gasteiger partial charge in [-0.3, -0.25) is 4.79 Å². The zero-order valence-corrected chi connectivity index (χ0v) is 5.97. The summed E-state index contributed by atoms with van der Waals surface area (Å²) in [5, 5.41) is 9.53. The Kier molecular flexibility index (Phi) is 1.90. The summed E-state index contributed by atoms with van der Waals surface area (Å²) in [6, 6.07) is 0. The topological polar surface area (TPSA) is 37.3 Å². The first-order chi connectivity index (χ1) is 4.66. The van der Waals surface area contributed by atoms with Crippen molar-refractivity contribution in [3.63, 3.8) is 0 Å². The highest BCUT2D eigenvalue weighted by Crippen LogP contribution is 2.26. The second kappa shape index (κ2) is 2.54. The van der Waals surface area contributed by atoms with Crippen LogP contribution in [0.3, 0.4) is 0 Å². The van der Waals surface area contributed by atoms with Gasteiger partial charge in [-0.2, -0.15) is 0 Å². The summed E-state index contributed by atoms with van der Waals surface area (Å²) in [4.78, 5) is 10.7. The molecule has 1 N–H and O–H groups in total. The number of hydrogen-bond acceptors (Lipinski definition) is 2. The molecule has 0 aromatic carbocycles. The molecule has 0 heterocycles. The molecule has 0 unspecified atom stereocenters. The lowest BCUT2D eigenvalue weighted by molar-refractivity contribution is -0.123. The minimum Gasteiger partial charge on any atom is -0.386 e. The molecule has 56 valence electrons. The highest BCUT2D eigenvalue weighted by Gasteiger charge is 2.28. The van der Waals surface area contributed by atoms with E-state index in [9.17, 15) is 9.90 Å². The zero-order chi connectivity index (χ0) is 7.61. The number of rotatable bonds is 1. The second-order valence-corrected chi connectivity index (χ2v) is 2.85. The van der Waals surface area contributed by atoms with Gasteiger partial charge in [0.25, 0.3) is 0 Å². The SMILES string of the molecule is C=CC1(O)CCC(=O)CC1. The first-order valence-electron chi connectivity index (χ1n) is 3.54. The molecule has 0 aromatic rings. The van der Waals surface area contributed by atoms with Crippen LogP contribution < -0.4 is 0 Å². The minimum absolute atomic E-state index is 0.256. The van der Waals surface area contributed by atoms with E-state index in [4.69, 9.17) is 0 Å². The van der Waals surface area contributed by atoms with Gasteiger partial charge in [0, 0.05) is 12.8 Å². The minimum atomic E-state index is -0.756. The van der Waals surface area contributed by atoms with Crippen molar-refractivity contribution < 1.29 is 9.90 Å². The molecular formula is C8H12O2. The largest absolute Gasteiger partial charge is 0.386 e. The molecule has 1 rings (SSSR count). The standard InChI is InChI=1S/C8H12O2/c1-2-8(10)5-3-7(9)4-6-8/h2,10H,1,3-6H2. The van der Waals surface area contributed by atoms with Gasteiger partial charge in [0.15, 0.2) is 0 Å². The lowest BCUT2D eigenvalue weighted by Crippen LogP contribution is -2.31. The number of carbonyl (C=O) groups is 1. The number of Topliss-reactive ketones (excluding diaryl/α,β-unsaturated/α-hetero) is 1.